The first-order valence-corrected chi connectivity index (χ1v) is 9.45. The summed E-state index contributed by atoms with van der Waals surface area (Å²) < 4.78 is 12.8. The number of benzene rings is 2. The number of carbonyl (C=O) groups excluding carboxylic acids is 1. The van der Waals surface area contributed by atoms with Gasteiger partial charge in [-0.05, 0) is 18.2 Å². The number of rotatable bonds is 5. The van der Waals surface area contributed by atoms with Crippen molar-refractivity contribution in [1.82, 2.24) is 9.47 Å². The number of aromatic nitrogens is 1. The van der Waals surface area contributed by atoms with Crippen molar-refractivity contribution in [2.75, 3.05) is 39.5 Å². The second kappa shape index (κ2) is 9.43. The molecule has 0 amide bonds. The molecule has 0 bridgehead atoms. The molecule has 0 atom stereocenters. The van der Waals surface area contributed by atoms with Crippen LogP contribution in [0.4, 0.5) is 0 Å². The Hall–Kier alpha value is -2.05. The van der Waals surface area contributed by atoms with E-state index in [2.05, 4.69) is 4.90 Å². The van der Waals surface area contributed by atoms with Crippen LogP contribution in [0.5, 0.6) is 0 Å². The molecule has 1 aliphatic heterocycles. The van der Waals surface area contributed by atoms with Crippen LogP contribution < -0.4 is 0 Å². The standard InChI is InChI=1S/C21H21ClN2O3.ClH/c22-20-19(21(25)27-15-12-23-10-13-26-14-11-23)17-8-4-5-9-18(17)24(20)16-6-2-1-3-7-16;/h1-9H,10-15H2;1H. The maximum atomic E-state index is 12.8. The molecule has 28 heavy (non-hydrogen) atoms. The van der Waals surface area contributed by atoms with Crippen molar-refractivity contribution in [3.05, 3.63) is 65.3 Å². The number of fused-ring (bicyclic) bond motifs is 1. The van der Waals surface area contributed by atoms with Crippen LogP contribution in [0.15, 0.2) is 54.6 Å². The zero-order valence-electron chi connectivity index (χ0n) is 15.3. The second-order valence-corrected chi connectivity index (χ2v) is 6.80. The fraction of sp³-hybridized carbons (Fsp3) is 0.286. The van der Waals surface area contributed by atoms with Gasteiger partial charge in [0, 0.05) is 30.7 Å². The average molecular weight is 421 g/mol. The minimum atomic E-state index is -0.390. The van der Waals surface area contributed by atoms with E-state index in [0.29, 0.717) is 23.9 Å². The lowest BCUT2D eigenvalue weighted by atomic mass is 10.2. The highest BCUT2D eigenvalue weighted by Gasteiger charge is 2.23. The fourth-order valence-electron chi connectivity index (χ4n) is 3.40. The highest BCUT2D eigenvalue weighted by atomic mass is 35.5. The fourth-order valence-corrected chi connectivity index (χ4v) is 3.76. The molecule has 1 aliphatic rings. The van der Waals surface area contributed by atoms with Crippen molar-refractivity contribution >= 4 is 40.9 Å². The summed E-state index contributed by atoms with van der Waals surface area (Å²) in [7, 11) is 0. The van der Waals surface area contributed by atoms with E-state index in [9.17, 15) is 4.79 Å². The lowest BCUT2D eigenvalue weighted by molar-refractivity contribution is 0.0196. The number of nitrogens with zero attached hydrogens (tertiary/aromatic N) is 2. The molecule has 1 fully saturated rings. The summed E-state index contributed by atoms with van der Waals surface area (Å²) in [6.45, 7) is 4.22. The first-order valence-electron chi connectivity index (χ1n) is 9.07. The Balaban J connectivity index is 0.00000225. The molecule has 7 heteroatoms. The summed E-state index contributed by atoms with van der Waals surface area (Å²) in [5, 5.41) is 1.17. The molecule has 3 aromatic rings. The first kappa shape index (κ1) is 20.7. The van der Waals surface area contributed by atoms with Crippen LogP contribution in [0, 0.1) is 0 Å². The highest BCUT2D eigenvalue weighted by molar-refractivity contribution is 6.35. The second-order valence-electron chi connectivity index (χ2n) is 6.44. The van der Waals surface area contributed by atoms with Crippen molar-refractivity contribution in [1.29, 1.82) is 0 Å². The van der Waals surface area contributed by atoms with Crippen LogP contribution in [-0.4, -0.2) is 54.9 Å². The lowest BCUT2D eigenvalue weighted by Crippen LogP contribution is -2.38. The summed E-state index contributed by atoms with van der Waals surface area (Å²) in [6, 6.07) is 17.5. The normalized spacial score (nSPS) is 14.6. The molecule has 1 aromatic heterocycles. The van der Waals surface area contributed by atoms with Gasteiger partial charge in [0.05, 0.1) is 18.7 Å². The third-order valence-electron chi connectivity index (χ3n) is 4.78. The summed E-state index contributed by atoms with van der Waals surface area (Å²) in [5.74, 6) is -0.390. The van der Waals surface area contributed by atoms with Gasteiger partial charge >= 0.3 is 5.97 Å². The van der Waals surface area contributed by atoms with Gasteiger partial charge in [-0.2, -0.15) is 0 Å². The number of hydrogen-bond acceptors (Lipinski definition) is 4. The molecular weight excluding hydrogens is 399 g/mol. The van der Waals surface area contributed by atoms with Crippen LogP contribution in [-0.2, 0) is 9.47 Å². The van der Waals surface area contributed by atoms with Gasteiger partial charge in [-0.1, -0.05) is 48.0 Å². The Morgan fingerprint density at radius 2 is 1.71 bits per heavy atom. The smallest absolute Gasteiger partial charge is 0.341 e. The minimum absolute atomic E-state index is 0. The highest BCUT2D eigenvalue weighted by Crippen LogP contribution is 2.33. The van der Waals surface area contributed by atoms with Crippen LogP contribution in [0.1, 0.15) is 10.4 Å². The molecule has 0 saturated carbocycles. The Kier molecular flexibility index (Phi) is 6.97. The van der Waals surface area contributed by atoms with Gasteiger partial charge in [-0.3, -0.25) is 9.47 Å². The van der Waals surface area contributed by atoms with Gasteiger partial charge in [0.1, 0.15) is 17.3 Å². The summed E-state index contributed by atoms with van der Waals surface area (Å²) in [4.78, 5) is 15.0. The molecule has 1 saturated heterocycles. The van der Waals surface area contributed by atoms with E-state index in [4.69, 9.17) is 21.1 Å². The number of morpholine rings is 1. The van der Waals surface area contributed by atoms with Crippen LogP contribution >= 0.6 is 24.0 Å². The van der Waals surface area contributed by atoms with Crippen molar-refractivity contribution in [3.63, 3.8) is 0 Å². The van der Waals surface area contributed by atoms with Gasteiger partial charge < -0.3 is 9.47 Å². The van der Waals surface area contributed by atoms with Gasteiger partial charge in [0.2, 0.25) is 0 Å². The summed E-state index contributed by atoms with van der Waals surface area (Å²) in [6.07, 6.45) is 0. The van der Waals surface area contributed by atoms with Crippen molar-refractivity contribution in [3.8, 4) is 5.69 Å². The Morgan fingerprint density at radius 1 is 1.04 bits per heavy atom. The van der Waals surface area contributed by atoms with Crippen molar-refractivity contribution in [2.24, 2.45) is 0 Å². The van der Waals surface area contributed by atoms with E-state index in [1.807, 2.05) is 59.2 Å². The predicted molar refractivity (Wildman–Crippen MR) is 113 cm³/mol. The number of carbonyl (C=O) groups is 1. The number of halogens is 2. The maximum Gasteiger partial charge on any atom is 0.341 e. The first-order chi connectivity index (χ1) is 13.3. The zero-order chi connectivity index (χ0) is 18.6. The quantitative estimate of drug-likeness (QED) is 0.580. The lowest BCUT2D eigenvalue weighted by Gasteiger charge is -2.26. The van der Waals surface area contributed by atoms with E-state index >= 15 is 0 Å². The predicted octanol–water partition coefficient (Wildman–Crippen LogP) is 4.19. The average Bonchev–Trinajstić information content (AvgIpc) is 3.01. The van der Waals surface area contributed by atoms with E-state index in [-0.39, 0.29) is 18.4 Å². The molecule has 0 aliphatic carbocycles. The zero-order valence-corrected chi connectivity index (χ0v) is 16.9. The van der Waals surface area contributed by atoms with E-state index in [0.717, 1.165) is 42.9 Å². The van der Waals surface area contributed by atoms with Gasteiger partial charge in [-0.25, -0.2) is 4.79 Å². The topological polar surface area (TPSA) is 43.7 Å². The number of hydrogen-bond donors (Lipinski definition) is 0. The summed E-state index contributed by atoms with van der Waals surface area (Å²) in [5.41, 5.74) is 2.21. The number of para-hydroxylation sites is 2. The molecule has 148 valence electrons. The van der Waals surface area contributed by atoms with Gasteiger partial charge in [0.15, 0.2) is 0 Å². The van der Waals surface area contributed by atoms with E-state index in [1.165, 1.54) is 0 Å². The van der Waals surface area contributed by atoms with E-state index in [1.54, 1.807) is 0 Å². The van der Waals surface area contributed by atoms with Crippen molar-refractivity contribution < 1.29 is 14.3 Å². The third-order valence-corrected chi connectivity index (χ3v) is 5.14. The molecule has 5 nitrogen and oxygen atoms in total. The monoisotopic (exact) mass is 420 g/mol. The molecular formula is C21H22Cl2N2O3. The van der Waals surface area contributed by atoms with Gasteiger partial charge in [-0.15, -0.1) is 12.4 Å². The van der Waals surface area contributed by atoms with Crippen LogP contribution in [0.2, 0.25) is 5.15 Å². The molecule has 0 spiro atoms. The van der Waals surface area contributed by atoms with E-state index < -0.39 is 0 Å². The number of esters is 1. The third kappa shape index (κ3) is 4.18. The molecule has 0 N–H and O–H groups in total. The maximum absolute atomic E-state index is 12.8. The molecule has 2 aromatic carbocycles. The molecule has 2 heterocycles. The van der Waals surface area contributed by atoms with Gasteiger partial charge in [0.25, 0.3) is 0 Å². The minimum Gasteiger partial charge on any atom is -0.461 e. The molecule has 0 radical (unpaired) electrons. The Bertz CT molecular complexity index is 937. The molecule has 0 unspecified atom stereocenters. The Morgan fingerprint density at radius 3 is 2.46 bits per heavy atom. The van der Waals surface area contributed by atoms with Crippen molar-refractivity contribution in [2.45, 2.75) is 0 Å². The molecule has 4 rings (SSSR count). The SMILES string of the molecule is Cl.O=C(OCCN1CCOCC1)c1c(Cl)n(-c2ccccc2)c2ccccc12. The van der Waals surface area contributed by atoms with Crippen LogP contribution in [0.25, 0.3) is 16.6 Å². The number of ether oxygens (including phenoxy) is 2. The summed E-state index contributed by atoms with van der Waals surface area (Å²) >= 11 is 6.64. The Labute approximate surface area is 175 Å². The largest absolute Gasteiger partial charge is 0.461 e. The van der Waals surface area contributed by atoms with Crippen LogP contribution in [0.3, 0.4) is 0 Å².